The maximum Gasteiger partial charge on any atom is 0.238 e. The van der Waals surface area contributed by atoms with Gasteiger partial charge in [0, 0.05) is 38.4 Å². The number of nitrogens with zero attached hydrogens (tertiary/aromatic N) is 5. The van der Waals surface area contributed by atoms with Crippen LogP contribution in [-0.2, 0) is 0 Å². The van der Waals surface area contributed by atoms with E-state index in [0.29, 0.717) is 4.57 Å². The zero-order chi connectivity index (χ0) is 66.2. The molecule has 0 spiro atoms. The molecule has 0 saturated carbocycles. The van der Waals surface area contributed by atoms with E-state index in [4.69, 9.17) is 27.4 Å². The fourth-order valence-electron chi connectivity index (χ4n) is 7.34. The van der Waals surface area contributed by atoms with E-state index in [0.717, 1.165) is 4.57 Å². The van der Waals surface area contributed by atoms with Gasteiger partial charge in [0.1, 0.15) is 0 Å². The average molecular weight is 777 g/mol. The van der Waals surface area contributed by atoms with Crippen molar-refractivity contribution < 1.29 is 45.2 Å². The molecule has 1 aliphatic heterocycles. The molecule has 1 aliphatic rings. The molecule has 3 aromatic heterocycles. The number of rotatable bonds is 5. The van der Waals surface area contributed by atoms with Crippen molar-refractivity contribution in [3.63, 3.8) is 0 Å². The average Bonchev–Trinajstić information content (AvgIpc) is 1.24. The number of para-hydroxylation sites is 4. The quantitative estimate of drug-likeness (QED) is 0.164. The Morgan fingerprint density at radius 2 is 0.860 bits per heavy atom. The molecule has 4 heterocycles. The maximum absolute atomic E-state index is 10.9. The van der Waals surface area contributed by atoms with Crippen LogP contribution in [0.15, 0.2) is 199 Å². The van der Waals surface area contributed by atoms with Gasteiger partial charge in [-0.2, -0.15) is 9.97 Å². The van der Waals surface area contributed by atoms with Gasteiger partial charge in [-0.15, -0.1) is 0 Å². The zero-order valence-corrected chi connectivity index (χ0v) is 29.2. The van der Waals surface area contributed by atoms with Crippen molar-refractivity contribution in [1.29, 1.82) is 0 Å². The van der Waals surface area contributed by atoms with Gasteiger partial charge in [0.15, 0.2) is 19.7 Å². The first-order valence-corrected chi connectivity index (χ1v) is 18.7. The highest BCUT2D eigenvalue weighted by molar-refractivity contribution is 7.21. The summed E-state index contributed by atoms with van der Waals surface area (Å²) in [6.45, 7) is 0. The van der Waals surface area contributed by atoms with Crippen LogP contribution in [0.25, 0.3) is 78.0 Å². The van der Waals surface area contributed by atoms with Gasteiger partial charge < -0.3 is 4.57 Å². The first-order valence-electron chi connectivity index (χ1n) is 33.2. The molecule has 0 fully saturated rings. The highest BCUT2D eigenvalue weighted by Crippen LogP contribution is 2.38. The lowest BCUT2D eigenvalue weighted by Crippen LogP contribution is -2.76. The second kappa shape index (κ2) is 12.3. The summed E-state index contributed by atoms with van der Waals surface area (Å²) in [5.74, 6) is -3.15. The van der Waals surface area contributed by atoms with E-state index >= 15 is 0 Å². The van der Waals surface area contributed by atoms with Crippen LogP contribution in [0.2, 0.25) is 0 Å². The predicted octanol–water partition coefficient (Wildman–Crippen LogP) is 9.09. The van der Waals surface area contributed by atoms with Gasteiger partial charge in [0.2, 0.25) is 5.95 Å². The number of aromatic nitrogens is 5. The van der Waals surface area contributed by atoms with Gasteiger partial charge in [-0.25, -0.2) is 4.98 Å². The number of hydrogen-bond donors (Lipinski definition) is 0. The highest BCUT2D eigenvalue weighted by Gasteiger charge is 2.48. The van der Waals surface area contributed by atoms with E-state index in [9.17, 15) is 17.8 Å². The number of benzene rings is 8. The Morgan fingerprint density at radius 1 is 0.386 bits per heavy atom. The van der Waals surface area contributed by atoms with Gasteiger partial charge in [0.25, 0.3) is 0 Å². The van der Waals surface area contributed by atoms with E-state index in [1.54, 1.807) is 0 Å². The second-order valence-corrected chi connectivity index (χ2v) is 15.8. The SMILES string of the molecule is [2H]c1c([2H])c([2H])c(-c2nc(-c3c([2H])c4c5c(c3[2H])c3c([2H])c([2H])c([2H])c([2H])c3n5-c3c([2H])c([2H])c([2H])c([2H])c3[Si]4(c3c([2H])c([2H])c([2H])c([2H])c3[2H])c3c([2H])c([2H])c([2H])c([2H])c3[2H])nc(-n3c4c([2H])c([2H])c([2H])c([2H])c4c4c([2H])c([2H])c([2H])c([2H])c43)n2)c([2H])c1[2H]. The number of fused-ring (bicyclic) bond motifs is 8. The molecule has 0 bridgehead atoms. The molecule has 0 N–H and O–H groups in total. The molecular formula is C51H33N5Si. The lowest BCUT2D eigenvalue weighted by Gasteiger charge is -2.40. The Kier molecular flexibility index (Phi) is 2.88. The molecule has 0 aliphatic carbocycles. The first-order chi connectivity index (χ1) is 42.0. The third-order valence-electron chi connectivity index (χ3n) is 9.53. The maximum atomic E-state index is 10.9. The summed E-state index contributed by atoms with van der Waals surface area (Å²) >= 11 is 0. The van der Waals surface area contributed by atoms with Crippen LogP contribution in [0.5, 0.6) is 0 Å². The largest absolute Gasteiger partial charge is 0.309 e. The molecule has 12 rings (SSSR count). The summed E-state index contributed by atoms with van der Waals surface area (Å²) in [7, 11) is -6.34. The third-order valence-corrected chi connectivity index (χ3v) is 13.8. The summed E-state index contributed by atoms with van der Waals surface area (Å²) in [5.41, 5.74) is -5.62. The Bertz CT molecular complexity index is 5080. The van der Waals surface area contributed by atoms with Gasteiger partial charge in [0.05, 0.1) is 67.3 Å². The first kappa shape index (κ1) is 13.4. The van der Waals surface area contributed by atoms with Gasteiger partial charge in [-0.05, 0) is 57.0 Å². The fourth-order valence-corrected chi connectivity index (χ4v) is 11.5. The summed E-state index contributed by atoms with van der Waals surface area (Å²) < 4.78 is 307. The lowest BCUT2D eigenvalue weighted by atomic mass is 10.1. The van der Waals surface area contributed by atoms with Crippen LogP contribution < -0.4 is 20.7 Å². The topological polar surface area (TPSA) is 48.5 Å². The summed E-state index contributed by atoms with van der Waals surface area (Å²) in [5, 5.41) is -6.54. The molecule has 0 amide bonds. The molecule has 5 nitrogen and oxygen atoms in total. The van der Waals surface area contributed by atoms with Crippen molar-refractivity contribution in [2.45, 2.75) is 0 Å². The van der Waals surface area contributed by atoms with Gasteiger partial charge in [-0.3, -0.25) is 4.57 Å². The van der Waals surface area contributed by atoms with E-state index in [1.807, 2.05) is 0 Å². The molecule has 0 unspecified atom stereocenters. The molecular weight excluding hydrogens is 711 g/mol. The highest BCUT2D eigenvalue weighted by atomic mass is 28.3. The Labute approximate surface area is 376 Å². The molecule has 6 heteroatoms. The molecule has 8 aromatic carbocycles. The molecule has 57 heavy (non-hydrogen) atoms. The standard InChI is InChI=1S/C51H33N5Si/c1-4-18-34(19-5-1)49-52-50(54-51(53-49)56-43-28-14-10-24-38(43)39-25-11-15-29-44(39)56)35-32-41-40-26-12-13-27-42(40)55-45-30-16-17-31-46(45)57(47(33-35)48(41)55,36-20-6-2-7-21-36)37-22-8-3-9-23-37/h1-33H/i1D,2D,3D,4D,5D,6D,7D,8D,9D,10D,11D,12D,13D,14D,15D,16D,17D,18D,19D,20D,21D,22D,23D,24D,25D,26D,27D,28D,29D,30D,31D,32D,33D. The van der Waals surface area contributed by atoms with E-state index in [1.165, 1.54) is 0 Å². The lowest BCUT2D eigenvalue weighted by molar-refractivity contribution is 0.954. The van der Waals surface area contributed by atoms with Crippen LogP contribution in [-0.4, -0.2) is 32.2 Å². The monoisotopic (exact) mass is 776 g/mol. The zero-order valence-electron chi connectivity index (χ0n) is 61.2. The van der Waals surface area contributed by atoms with Crippen LogP contribution in [0.1, 0.15) is 45.2 Å². The van der Waals surface area contributed by atoms with Crippen LogP contribution in [0, 0.1) is 0 Å². The second-order valence-electron chi connectivity index (χ2n) is 12.3. The minimum Gasteiger partial charge on any atom is -0.309 e. The normalized spacial score (nSPS) is 21.2. The number of hydrogen-bond acceptors (Lipinski definition) is 3. The van der Waals surface area contributed by atoms with Crippen molar-refractivity contribution in [2.75, 3.05) is 0 Å². The Hall–Kier alpha value is -7.41. The molecule has 0 radical (unpaired) electrons. The molecule has 11 aromatic rings. The van der Waals surface area contributed by atoms with Crippen LogP contribution in [0.4, 0.5) is 0 Å². The molecule has 266 valence electrons. The minimum absolute atomic E-state index is 0.569. The fraction of sp³-hybridized carbons (Fsp3) is 0. The van der Waals surface area contributed by atoms with Crippen LogP contribution in [0.3, 0.4) is 0 Å². The Balaban J connectivity index is 1.46. The summed E-state index contributed by atoms with van der Waals surface area (Å²) in [6.07, 6.45) is 0. The van der Waals surface area contributed by atoms with Crippen LogP contribution >= 0.6 is 0 Å². The summed E-state index contributed by atoms with van der Waals surface area (Å²) in [6, 6.07) is -35.1. The molecule has 0 atom stereocenters. The predicted molar refractivity (Wildman–Crippen MR) is 237 cm³/mol. The van der Waals surface area contributed by atoms with Crippen molar-refractivity contribution in [3.05, 3.63) is 199 Å². The summed E-state index contributed by atoms with van der Waals surface area (Å²) in [4.78, 5) is 13.6. The third kappa shape index (κ3) is 4.53. The van der Waals surface area contributed by atoms with Crippen molar-refractivity contribution in [1.82, 2.24) is 24.1 Å². The Morgan fingerprint density at radius 3 is 1.47 bits per heavy atom. The smallest absolute Gasteiger partial charge is 0.238 e. The molecule has 0 saturated heterocycles. The van der Waals surface area contributed by atoms with Crippen molar-refractivity contribution in [2.24, 2.45) is 0 Å². The van der Waals surface area contributed by atoms with E-state index in [-0.39, 0.29) is 0 Å². The van der Waals surface area contributed by atoms with Crippen molar-refractivity contribution >= 4 is 72.4 Å². The van der Waals surface area contributed by atoms with E-state index < -0.39 is 306 Å². The van der Waals surface area contributed by atoms with Crippen molar-refractivity contribution in [3.8, 4) is 34.4 Å². The van der Waals surface area contributed by atoms with Gasteiger partial charge >= 0.3 is 0 Å². The van der Waals surface area contributed by atoms with E-state index in [2.05, 4.69) is 15.0 Å². The van der Waals surface area contributed by atoms with Gasteiger partial charge in [-0.1, -0.05) is 163 Å². The minimum atomic E-state index is -6.34.